The van der Waals surface area contributed by atoms with E-state index in [1.165, 1.54) is 24.1 Å². The molecule has 19 heteroatoms. The fourth-order valence-electron chi connectivity index (χ4n) is 4.36. The zero-order valence-electron chi connectivity index (χ0n) is 25.3. The van der Waals surface area contributed by atoms with Crippen molar-refractivity contribution in [1.29, 1.82) is 0 Å². The summed E-state index contributed by atoms with van der Waals surface area (Å²) in [4.78, 5) is 28.3. The van der Waals surface area contributed by atoms with Crippen molar-refractivity contribution >= 4 is 22.3 Å². The van der Waals surface area contributed by atoms with Crippen LogP contribution >= 0.6 is 0 Å². The molecule has 1 N–H and O–H groups in total. The van der Waals surface area contributed by atoms with E-state index in [4.69, 9.17) is 14.3 Å². The minimum absolute atomic E-state index is 0.0731. The normalized spacial score (nSPS) is 15.1. The Morgan fingerprint density at radius 2 is 1.77 bits per heavy atom. The molecule has 1 aliphatic heterocycles. The van der Waals surface area contributed by atoms with E-state index in [-0.39, 0.29) is 53.8 Å². The van der Waals surface area contributed by atoms with Crippen LogP contribution < -0.4 is 4.72 Å². The molecular formula is C28H31F3N6O9S. The van der Waals surface area contributed by atoms with Crippen LogP contribution in [-0.2, 0) is 35.2 Å². The van der Waals surface area contributed by atoms with E-state index in [0.29, 0.717) is 5.56 Å². The zero-order valence-corrected chi connectivity index (χ0v) is 26.2. The highest BCUT2D eigenvalue weighted by Crippen LogP contribution is 2.33. The molecule has 1 saturated heterocycles. The molecule has 2 heterocycles. The van der Waals surface area contributed by atoms with E-state index in [2.05, 4.69) is 15.1 Å². The van der Waals surface area contributed by atoms with Crippen molar-refractivity contribution in [3.05, 3.63) is 71.1 Å². The summed E-state index contributed by atoms with van der Waals surface area (Å²) >= 11 is 0. The highest BCUT2D eigenvalue weighted by atomic mass is 32.2. The van der Waals surface area contributed by atoms with Crippen LogP contribution in [0.3, 0.4) is 0 Å². The van der Waals surface area contributed by atoms with Gasteiger partial charge in [-0.1, -0.05) is 29.8 Å². The van der Waals surface area contributed by atoms with Gasteiger partial charge in [-0.05, 0) is 44.2 Å². The Hall–Kier alpha value is -5.07. The highest BCUT2D eigenvalue weighted by molar-refractivity contribution is 7.90. The number of carbonyl (C=O) groups is 2. The number of alkyl halides is 3. The predicted octanol–water partition coefficient (Wildman–Crippen LogP) is 5.07. The van der Waals surface area contributed by atoms with E-state index < -0.39 is 46.5 Å². The minimum Gasteiger partial charge on any atom is -0.569 e. The van der Waals surface area contributed by atoms with Gasteiger partial charge in [0.25, 0.3) is 16.3 Å². The van der Waals surface area contributed by atoms with Crippen LogP contribution in [0.4, 0.5) is 22.8 Å². The Kier molecular flexibility index (Phi) is 10.8. The van der Waals surface area contributed by atoms with Crippen LogP contribution in [0, 0.1) is 12.1 Å². The van der Waals surface area contributed by atoms with Crippen LogP contribution in [0.15, 0.2) is 64.8 Å². The average molecular weight is 685 g/mol. The Balaban J connectivity index is 1.34. The number of hydrazine groups is 1. The Morgan fingerprint density at radius 1 is 1.13 bits per heavy atom. The number of benzene rings is 2. The first kappa shape index (κ1) is 34.8. The Bertz CT molecular complexity index is 1690. The van der Waals surface area contributed by atoms with Crippen molar-refractivity contribution in [3.63, 3.8) is 0 Å². The summed E-state index contributed by atoms with van der Waals surface area (Å²) in [5.74, 6) is 0. The van der Waals surface area contributed by atoms with Crippen LogP contribution in [0.5, 0.6) is 0 Å². The molecule has 1 aromatic heterocycles. The number of carbonyl (C=O) groups excluding carboxylic acids is 2. The molecule has 1 fully saturated rings. The molecule has 15 nitrogen and oxygen atoms in total. The smallest absolute Gasteiger partial charge is 0.511 e. The van der Waals surface area contributed by atoms with Crippen molar-refractivity contribution in [2.45, 2.75) is 57.1 Å². The Labute approximate surface area is 267 Å². The number of ether oxygens (including phenoxy) is 3. The third-order valence-electron chi connectivity index (χ3n) is 6.68. The first-order chi connectivity index (χ1) is 22.2. The lowest BCUT2D eigenvalue weighted by Crippen LogP contribution is -2.43. The first-order valence-corrected chi connectivity index (χ1v) is 15.6. The maximum Gasteiger partial charge on any atom is 0.511 e. The molecule has 47 heavy (non-hydrogen) atoms. The lowest BCUT2D eigenvalue weighted by Gasteiger charge is -2.28. The number of nitrogens with one attached hydrogen (secondary N) is 1. The summed E-state index contributed by atoms with van der Waals surface area (Å²) in [5, 5.41) is 20.4. The molecule has 0 radical (unpaired) electrons. The second-order valence-corrected chi connectivity index (χ2v) is 11.8. The molecule has 0 bridgehead atoms. The Morgan fingerprint density at radius 3 is 2.36 bits per heavy atom. The van der Waals surface area contributed by atoms with Gasteiger partial charge in [-0.2, -0.15) is 18.3 Å². The quantitative estimate of drug-likeness (QED) is 0.0991. The van der Waals surface area contributed by atoms with Crippen molar-refractivity contribution in [2.75, 3.05) is 19.7 Å². The molecule has 254 valence electrons. The van der Waals surface area contributed by atoms with Gasteiger partial charge >= 0.3 is 18.4 Å². The summed E-state index contributed by atoms with van der Waals surface area (Å²) in [6.07, 6.45) is -8.59. The summed E-state index contributed by atoms with van der Waals surface area (Å²) in [6, 6.07) is 12.4. The van der Waals surface area contributed by atoms with Gasteiger partial charge in [-0.3, -0.25) is 4.84 Å². The molecule has 1 atom stereocenters. The molecule has 0 aliphatic carbocycles. The monoisotopic (exact) mass is 684 g/mol. The summed E-state index contributed by atoms with van der Waals surface area (Å²) < 4.78 is 83.6. The third kappa shape index (κ3) is 9.24. The fraction of sp³-hybridized carbons (Fsp3) is 0.393. The van der Waals surface area contributed by atoms with Crippen LogP contribution in [-0.4, -0.2) is 72.5 Å². The number of aromatic nitrogens is 2. The summed E-state index contributed by atoms with van der Waals surface area (Å²) in [7, 11) is -4.43. The SMILES string of the molecule is CCOC(=O)OC(C)O/N=[N+](\[O-])N1CCC(OC(=O)NS(=O)(=O)c2ccc(-n3nc(C(F)(F)F)cc3-c3ccc(C)cc3)cc2)CC1. The van der Waals surface area contributed by atoms with Gasteiger partial charge in [0.1, 0.15) is 6.10 Å². The predicted molar refractivity (Wildman–Crippen MR) is 155 cm³/mol. The minimum atomic E-state index is -4.71. The second-order valence-electron chi connectivity index (χ2n) is 10.2. The summed E-state index contributed by atoms with van der Waals surface area (Å²) in [6.45, 7) is 4.97. The lowest BCUT2D eigenvalue weighted by molar-refractivity contribution is -0.715. The lowest BCUT2D eigenvalue weighted by atomic mass is 10.1. The largest absolute Gasteiger partial charge is 0.569 e. The van der Waals surface area contributed by atoms with Gasteiger partial charge in [0.2, 0.25) is 5.28 Å². The number of nitrogens with zero attached hydrogens (tertiary/aromatic N) is 5. The van der Waals surface area contributed by atoms with E-state index in [1.54, 1.807) is 35.9 Å². The standard InChI is InChI=1S/C28H31F3N6O9S/c1-4-43-27(39)44-19(3)46-34-37(40)35-15-13-22(14-16-35)45-26(38)33-47(41,42)23-11-9-21(10-12-23)36-24(17-25(32-36)28(29,30)31)20-7-5-18(2)6-8-20/h5-12,17,19,22H,4,13-16H2,1-3H3,(H,33,38)/b37-34-. The number of rotatable bonds is 10. The number of sulfonamides is 1. The molecule has 1 aliphatic rings. The summed E-state index contributed by atoms with van der Waals surface area (Å²) in [5.41, 5.74) is 0.533. The van der Waals surface area contributed by atoms with Crippen molar-refractivity contribution in [2.24, 2.45) is 5.28 Å². The van der Waals surface area contributed by atoms with Crippen LogP contribution in [0.2, 0.25) is 0 Å². The molecule has 3 aromatic rings. The van der Waals surface area contributed by atoms with Gasteiger partial charge in [-0.15, -0.1) is 5.01 Å². The number of hydrogen-bond acceptors (Lipinski definition) is 11. The van der Waals surface area contributed by atoms with Crippen molar-refractivity contribution in [1.82, 2.24) is 19.5 Å². The molecule has 4 rings (SSSR count). The number of aryl methyl sites for hydroxylation is 1. The first-order valence-electron chi connectivity index (χ1n) is 14.2. The molecule has 2 aromatic carbocycles. The molecule has 0 saturated carbocycles. The van der Waals surface area contributed by atoms with Crippen LogP contribution in [0.25, 0.3) is 16.9 Å². The molecule has 1 unspecified atom stereocenters. The van der Waals surface area contributed by atoms with Crippen molar-refractivity contribution in [3.8, 4) is 16.9 Å². The number of piperidine rings is 1. The molecular weight excluding hydrogens is 653 g/mol. The van der Waals surface area contributed by atoms with E-state index in [0.717, 1.165) is 28.4 Å². The van der Waals surface area contributed by atoms with Gasteiger partial charge in [0.05, 0.1) is 40.9 Å². The number of halogens is 3. The zero-order chi connectivity index (χ0) is 34.4. The molecule has 1 amide bonds. The number of amides is 1. The highest BCUT2D eigenvalue weighted by Gasteiger charge is 2.35. The van der Waals surface area contributed by atoms with Gasteiger partial charge in [0, 0.05) is 25.3 Å². The fourth-order valence-corrected chi connectivity index (χ4v) is 5.24. The maximum absolute atomic E-state index is 13.5. The van der Waals surface area contributed by atoms with Gasteiger partial charge in [0.15, 0.2) is 5.69 Å². The van der Waals surface area contributed by atoms with E-state index >= 15 is 0 Å². The second kappa shape index (κ2) is 14.6. The maximum atomic E-state index is 13.5. The third-order valence-corrected chi connectivity index (χ3v) is 8.01. The topological polar surface area (TPSA) is 177 Å². The van der Waals surface area contributed by atoms with E-state index in [1.807, 2.05) is 6.92 Å². The van der Waals surface area contributed by atoms with Crippen LogP contribution in [0.1, 0.15) is 37.9 Å². The van der Waals surface area contributed by atoms with E-state index in [9.17, 15) is 36.4 Å². The van der Waals surface area contributed by atoms with Gasteiger partial charge in [-0.25, -0.2) is 27.4 Å². The molecule has 0 spiro atoms. The van der Waals surface area contributed by atoms with Crippen molar-refractivity contribution < 1.29 is 55.2 Å². The average Bonchev–Trinajstić information content (AvgIpc) is 3.47. The number of hydrogen-bond donors (Lipinski definition) is 1. The van der Waals surface area contributed by atoms with Gasteiger partial charge < -0.3 is 19.4 Å².